The van der Waals surface area contributed by atoms with Crippen LogP contribution in [0.4, 0.5) is 11.9 Å². The van der Waals surface area contributed by atoms with Crippen LogP contribution in [0.15, 0.2) is 85.7 Å². The van der Waals surface area contributed by atoms with Crippen LogP contribution in [0, 0.1) is 0 Å². The van der Waals surface area contributed by atoms with Crippen molar-refractivity contribution in [3.63, 3.8) is 0 Å². The van der Waals surface area contributed by atoms with Crippen molar-refractivity contribution in [2.75, 3.05) is 10.6 Å². The van der Waals surface area contributed by atoms with Gasteiger partial charge in [-0.25, -0.2) is 9.97 Å². The summed E-state index contributed by atoms with van der Waals surface area (Å²) in [6, 6.07) is 12.4. The number of para-hydroxylation sites is 1. The molecule has 4 aromatic rings. The Bertz CT molecular complexity index is 1360. The van der Waals surface area contributed by atoms with E-state index in [-0.39, 0.29) is 17.8 Å². The summed E-state index contributed by atoms with van der Waals surface area (Å²) in [5, 5.41) is 5.43. The molecule has 4 rings (SSSR count). The number of aromatic nitrogens is 4. The molecule has 0 saturated carbocycles. The van der Waals surface area contributed by atoms with Crippen molar-refractivity contribution in [2.24, 2.45) is 0 Å². The zero-order chi connectivity index (χ0) is 23.2. The van der Waals surface area contributed by atoms with Crippen LogP contribution in [0.2, 0.25) is 0 Å². The monoisotopic (exact) mass is 438 g/mol. The second-order valence-corrected chi connectivity index (χ2v) is 7.06. The molecule has 0 spiro atoms. The Morgan fingerprint density at radius 3 is 2.45 bits per heavy atom. The molecule has 0 atom stereocenters. The van der Waals surface area contributed by atoms with E-state index in [1.807, 2.05) is 37.3 Å². The number of hydrogen-bond donors (Lipinski definition) is 4. The van der Waals surface area contributed by atoms with Gasteiger partial charge in [0.15, 0.2) is 0 Å². The van der Waals surface area contributed by atoms with Crippen LogP contribution >= 0.6 is 0 Å². The molecule has 33 heavy (non-hydrogen) atoms. The lowest BCUT2D eigenvalue weighted by molar-refractivity contribution is 0.101. The highest BCUT2D eigenvalue weighted by molar-refractivity contribution is 6.11. The number of H-pyrrole nitrogens is 2. The third kappa shape index (κ3) is 4.80. The highest BCUT2D eigenvalue weighted by Crippen LogP contribution is 2.21. The fourth-order valence-electron chi connectivity index (χ4n) is 3.26. The van der Waals surface area contributed by atoms with Gasteiger partial charge in [-0.15, -0.1) is 0 Å². The van der Waals surface area contributed by atoms with Gasteiger partial charge in [-0.2, -0.15) is 0 Å². The molecule has 2 amide bonds. The molecule has 0 unspecified atom stereocenters. The minimum absolute atomic E-state index is 0.247. The molecule has 2 aromatic carbocycles. The average Bonchev–Trinajstić information content (AvgIpc) is 3.49. The van der Waals surface area contributed by atoms with E-state index >= 15 is 0 Å². The average molecular weight is 438 g/mol. The number of amides is 2. The Kier molecular flexibility index (Phi) is 6.26. The van der Waals surface area contributed by atoms with Crippen molar-refractivity contribution in [3.05, 3.63) is 102 Å². The first-order chi connectivity index (χ1) is 16.1. The topological polar surface area (TPSA) is 116 Å². The number of carbonyl (C=O) groups is 2. The van der Waals surface area contributed by atoms with Crippen molar-refractivity contribution < 1.29 is 9.59 Å². The molecule has 0 aliphatic carbocycles. The molecule has 0 fully saturated rings. The van der Waals surface area contributed by atoms with Gasteiger partial charge in [0, 0.05) is 18.0 Å². The van der Waals surface area contributed by atoms with Gasteiger partial charge in [-0.3, -0.25) is 20.2 Å². The fraction of sp³-hybridized carbons (Fsp3) is 0.0400. The number of hydrogen-bond acceptors (Lipinski definition) is 4. The summed E-state index contributed by atoms with van der Waals surface area (Å²) in [7, 11) is 0. The van der Waals surface area contributed by atoms with Gasteiger partial charge in [0.25, 0.3) is 11.8 Å². The highest BCUT2D eigenvalue weighted by Gasteiger charge is 2.16. The van der Waals surface area contributed by atoms with Crippen LogP contribution in [0.5, 0.6) is 0 Å². The van der Waals surface area contributed by atoms with E-state index < -0.39 is 0 Å². The van der Waals surface area contributed by atoms with Crippen molar-refractivity contribution in [1.29, 1.82) is 0 Å². The molecule has 164 valence electrons. The molecule has 4 N–H and O–H groups in total. The number of aromatic amines is 2. The maximum absolute atomic E-state index is 12.7. The molecule has 0 radical (unpaired) electrons. The predicted octanol–water partition coefficient (Wildman–Crippen LogP) is 4.94. The largest absolute Gasteiger partial charge is 0.331 e. The second kappa shape index (κ2) is 9.61. The molecule has 8 nitrogen and oxygen atoms in total. The van der Waals surface area contributed by atoms with E-state index in [1.165, 1.54) is 0 Å². The Morgan fingerprint density at radius 2 is 1.76 bits per heavy atom. The minimum Gasteiger partial charge on any atom is -0.331 e. The van der Waals surface area contributed by atoms with Crippen molar-refractivity contribution in [2.45, 2.75) is 6.92 Å². The van der Waals surface area contributed by atoms with E-state index in [0.717, 1.165) is 11.1 Å². The fourth-order valence-corrected chi connectivity index (χ4v) is 3.26. The third-order valence-corrected chi connectivity index (χ3v) is 4.89. The number of allylic oxidation sites excluding steroid dienone is 5. The summed E-state index contributed by atoms with van der Waals surface area (Å²) in [5.74, 6) is -0.0962. The first-order valence-electron chi connectivity index (χ1n) is 10.3. The quantitative estimate of drug-likeness (QED) is 0.306. The van der Waals surface area contributed by atoms with Crippen LogP contribution in [-0.2, 0) is 0 Å². The molecule has 0 saturated heterocycles. The number of carbonyl (C=O) groups excluding carboxylic acids is 2. The Hall–Kier alpha value is -4.72. The number of imidazole rings is 2. The summed E-state index contributed by atoms with van der Waals surface area (Å²) in [6.07, 6.45) is 10.7. The predicted molar refractivity (Wildman–Crippen MR) is 130 cm³/mol. The third-order valence-electron chi connectivity index (χ3n) is 4.89. The lowest BCUT2D eigenvalue weighted by Gasteiger charge is -2.05. The number of fused-ring (bicyclic) bond motifs is 1. The molecule has 0 aliphatic rings. The number of rotatable bonds is 7. The van der Waals surface area contributed by atoms with Gasteiger partial charge < -0.3 is 9.97 Å². The zero-order valence-electron chi connectivity index (χ0n) is 17.9. The highest BCUT2D eigenvalue weighted by atomic mass is 16.2. The Balaban J connectivity index is 1.52. The number of nitrogens with one attached hydrogen (secondary N) is 4. The maximum atomic E-state index is 12.7. The molecule has 0 aliphatic heterocycles. The van der Waals surface area contributed by atoms with E-state index in [0.29, 0.717) is 28.1 Å². The van der Waals surface area contributed by atoms with Gasteiger partial charge in [0.05, 0.1) is 11.1 Å². The van der Waals surface area contributed by atoms with Crippen LogP contribution < -0.4 is 10.6 Å². The summed E-state index contributed by atoms with van der Waals surface area (Å²) in [5.41, 5.74) is 3.81. The summed E-state index contributed by atoms with van der Waals surface area (Å²) in [6.45, 7) is 5.78. The van der Waals surface area contributed by atoms with E-state index in [9.17, 15) is 9.59 Å². The first-order valence-corrected chi connectivity index (χ1v) is 10.3. The second-order valence-electron chi connectivity index (χ2n) is 7.06. The molecular formula is C25H22N6O2. The Labute approximate surface area is 190 Å². The normalized spacial score (nSPS) is 11.6. The minimum atomic E-state index is -0.362. The zero-order valence-corrected chi connectivity index (χ0v) is 17.9. The van der Waals surface area contributed by atoms with Crippen molar-refractivity contribution >= 4 is 40.3 Å². The summed E-state index contributed by atoms with van der Waals surface area (Å²) >= 11 is 0. The Morgan fingerprint density at radius 1 is 1.00 bits per heavy atom. The SMILES string of the molecule is C=C/C(=C\C=C/C)c1ccc(C(=O)Nc2nc3c(C(=O)Nc4ncc[nH]4)cccc3[nH]2)cc1. The van der Waals surface area contributed by atoms with Crippen molar-refractivity contribution in [3.8, 4) is 0 Å². The lowest BCUT2D eigenvalue weighted by atomic mass is 10.0. The van der Waals surface area contributed by atoms with Crippen LogP contribution in [-0.4, -0.2) is 31.8 Å². The van der Waals surface area contributed by atoms with Gasteiger partial charge in [0.1, 0.15) is 5.52 Å². The van der Waals surface area contributed by atoms with Crippen LogP contribution in [0.3, 0.4) is 0 Å². The van der Waals surface area contributed by atoms with Gasteiger partial charge in [-0.05, 0) is 42.3 Å². The summed E-state index contributed by atoms with van der Waals surface area (Å²) in [4.78, 5) is 39.6. The molecule has 2 aromatic heterocycles. The number of benzene rings is 2. The van der Waals surface area contributed by atoms with Crippen LogP contribution in [0.1, 0.15) is 33.2 Å². The van der Waals surface area contributed by atoms with E-state index in [1.54, 1.807) is 48.8 Å². The smallest absolute Gasteiger partial charge is 0.260 e. The number of anilines is 2. The summed E-state index contributed by atoms with van der Waals surface area (Å²) < 4.78 is 0. The van der Waals surface area contributed by atoms with Gasteiger partial charge in [0.2, 0.25) is 11.9 Å². The van der Waals surface area contributed by atoms with Crippen molar-refractivity contribution in [1.82, 2.24) is 19.9 Å². The number of nitrogens with zero attached hydrogens (tertiary/aromatic N) is 2. The standard InChI is InChI=1S/C25H22N6O2/c1-3-5-7-16(4-2)17-10-12-18(13-11-17)22(32)30-25-28-20-9-6-8-19(21(20)29-25)23(33)31-24-26-14-15-27-24/h3-15H,2H2,1H3,(H2,26,27,31,33)(H2,28,29,30,32)/b5-3-,16-7+. The van der Waals surface area contributed by atoms with Crippen LogP contribution in [0.25, 0.3) is 16.6 Å². The van der Waals surface area contributed by atoms with E-state index in [2.05, 4.69) is 37.1 Å². The van der Waals surface area contributed by atoms with Gasteiger partial charge >= 0.3 is 0 Å². The van der Waals surface area contributed by atoms with E-state index in [4.69, 9.17) is 0 Å². The lowest BCUT2D eigenvalue weighted by Crippen LogP contribution is -2.14. The first kappa shape index (κ1) is 21.5. The van der Waals surface area contributed by atoms with Gasteiger partial charge in [-0.1, -0.05) is 49.1 Å². The maximum Gasteiger partial charge on any atom is 0.260 e. The molecule has 2 heterocycles. The molecule has 8 heteroatoms. The molecular weight excluding hydrogens is 416 g/mol. The molecule has 0 bridgehead atoms.